The summed E-state index contributed by atoms with van der Waals surface area (Å²) < 4.78 is 28.2. The highest BCUT2D eigenvalue weighted by Gasteiger charge is 2.45. The fraction of sp³-hybridized carbons (Fsp3) is 0.462. The monoisotopic (exact) mass is 644 g/mol. The molecule has 0 N–H and O–H groups in total. The van der Waals surface area contributed by atoms with Crippen LogP contribution in [0, 0.1) is 0 Å². The first-order valence-electron chi connectivity index (χ1n) is 17.0. The highest BCUT2D eigenvalue weighted by molar-refractivity contribution is 6.03. The first kappa shape index (κ1) is 33.7. The summed E-state index contributed by atoms with van der Waals surface area (Å²) in [5.74, 6) is 3.52. The first-order chi connectivity index (χ1) is 22.1. The largest absolute Gasteiger partial charge is 1.00 e. The number of fused-ring (bicyclic) bond motifs is 1. The van der Waals surface area contributed by atoms with Crippen LogP contribution < -0.4 is 36.3 Å². The van der Waals surface area contributed by atoms with Crippen molar-refractivity contribution in [3.8, 4) is 23.0 Å². The molecule has 0 aromatic heterocycles. The molecule has 246 valence electrons. The minimum Gasteiger partial charge on any atom is -1.00 e. The molecule has 6 nitrogen and oxygen atoms in total. The quantitative estimate of drug-likeness (QED) is 0.210. The Bertz CT molecular complexity index is 1540. The molecule has 0 amide bonds. The number of allylic oxidation sites excluding steroid dienone is 4. The minimum atomic E-state index is -0.246. The van der Waals surface area contributed by atoms with Crippen molar-refractivity contribution in [2.24, 2.45) is 0 Å². The van der Waals surface area contributed by atoms with Gasteiger partial charge in [0.05, 0.1) is 26.4 Å². The summed E-state index contributed by atoms with van der Waals surface area (Å²) in [6.45, 7) is 8.08. The van der Waals surface area contributed by atoms with E-state index in [9.17, 15) is 0 Å². The van der Waals surface area contributed by atoms with Crippen molar-refractivity contribution in [3.63, 3.8) is 0 Å². The molecule has 3 heterocycles. The van der Waals surface area contributed by atoms with Crippen LogP contribution in [-0.4, -0.2) is 49.4 Å². The summed E-state index contributed by atoms with van der Waals surface area (Å²) in [7, 11) is 0. The molecule has 0 saturated carbocycles. The van der Waals surface area contributed by atoms with E-state index >= 15 is 0 Å². The zero-order chi connectivity index (χ0) is 30.9. The van der Waals surface area contributed by atoms with Gasteiger partial charge in [-0.3, -0.25) is 0 Å². The SMILES string of the molecule is CC1(C)C[N+]2=CN1c1c3ccc4ccc(cc14)OCCCC/C=C/CCCOc1cccc(c12)OCCC/C=C/CCCCO3.[Cl-]. The van der Waals surface area contributed by atoms with Crippen LogP contribution in [0.3, 0.4) is 0 Å². The van der Waals surface area contributed by atoms with Gasteiger partial charge in [-0.15, -0.1) is 0 Å². The lowest BCUT2D eigenvalue weighted by atomic mass is 10.00. The molecular formula is C39H49ClN2O4. The van der Waals surface area contributed by atoms with Gasteiger partial charge >= 0.3 is 0 Å². The van der Waals surface area contributed by atoms with E-state index in [-0.39, 0.29) is 17.9 Å². The zero-order valence-electron chi connectivity index (χ0n) is 27.5. The molecule has 0 atom stereocenters. The van der Waals surface area contributed by atoms with Crippen LogP contribution in [0.1, 0.15) is 78.1 Å². The number of hydrogen-bond acceptors (Lipinski definition) is 5. The van der Waals surface area contributed by atoms with Gasteiger partial charge in [-0.1, -0.05) is 42.5 Å². The Balaban J connectivity index is 0.00000417. The molecule has 3 aliphatic heterocycles. The first-order valence-corrected chi connectivity index (χ1v) is 17.0. The van der Waals surface area contributed by atoms with Gasteiger partial charge in [0.25, 0.3) is 0 Å². The third kappa shape index (κ3) is 8.19. The summed E-state index contributed by atoms with van der Waals surface area (Å²) in [6.07, 6.45) is 21.8. The molecule has 3 aliphatic rings. The van der Waals surface area contributed by atoms with E-state index in [0.717, 1.165) is 111 Å². The number of anilines is 1. The fourth-order valence-electron chi connectivity index (χ4n) is 6.40. The summed E-state index contributed by atoms with van der Waals surface area (Å²) in [5.41, 5.74) is 1.82. The summed E-state index contributed by atoms with van der Waals surface area (Å²) in [4.78, 5) is 2.39. The molecule has 0 unspecified atom stereocenters. The third-order valence-corrected chi connectivity index (χ3v) is 8.82. The molecular weight excluding hydrogens is 596 g/mol. The number of benzene rings is 3. The molecule has 6 bridgehead atoms. The molecule has 3 aromatic carbocycles. The van der Waals surface area contributed by atoms with Crippen LogP contribution in [0.4, 0.5) is 11.4 Å². The zero-order valence-corrected chi connectivity index (χ0v) is 28.3. The Morgan fingerprint density at radius 2 is 1.20 bits per heavy atom. The van der Waals surface area contributed by atoms with E-state index in [1.807, 2.05) is 0 Å². The Morgan fingerprint density at radius 1 is 0.630 bits per heavy atom. The topological polar surface area (TPSA) is 43.2 Å². The third-order valence-electron chi connectivity index (χ3n) is 8.82. The highest BCUT2D eigenvalue weighted by Crippen LogP contribution is 2.45. The van der Waals surface area contributed by atoms with Gasteiger partial charge in [0.15, 0.2) is 22.9 Å². The van der Waals surface area contributed by atoms with Crippen LogP contribution in [0.2, 0.25) is 0 Å². The van der Waals surface area contributed by atoms with Crippen LogP contribution >= 0.6 is 0 Å². The van der Waals surface area contributed by atoms with E-state index in [1.54, 1.807) is 0 Å². The second kappa shape index (κ2) is 16.3. The molecule has 0 fully saturated rings. The van der Waals surface area contributed by atoms with Crippen molar-refractivity contribution < 1.29 is 35.9 Å². The molecule has 3 aromatic rings. The number of hydrogen-bond donors (Lipinski definition) is 0. The molecule has 0 saturated heterocycles. The van der Waals surface area contributed by atoms with E-state index < -0.39 is 0 Å². The predicted molar refractivity (Wildman–Crippen MR) is 184 cm³/mol. The number of nitrogens with zero attached hydrogens (tertiary/aromatic N) is 2. The second-order valence-electron chi connectivity index (χ2n) is 12.9. The van der Waals surface area contributed by atoms with Gasteiger partial charge < -0.3 is 31.4 Å². The van der Waals surface area contributed by atoms with Crippen molar-refractivity contribution >= 4 is 28.5 Å². The lowest BCUT2D eigenvalue weighted by Gasteiger charge is -2.26. The van der Waals surface area contributed by atoms with Crippen LogP contribution in [0.5, 0.6) is 23.0 Å². The standard InChI is InChI=1S/C39H49N2O4.ClH/c1-39(2)29-40-30-41(39)37-33-28-32-22-20-31(33)21-23-36(37)45-27-16-12-8-4-7-11-15-26-44-35-19-17-18-34(38(35)40)43-25-14-10-6-3-5-9-13-24-42-32;/h3-4,6-7,17-23,28,30H,5,8-16,24-27,29H2,1-2H3;1H/q+1;/p-1/b6-3+,7-4+;. The van der Waals surface area contributed by atoms with Gasteiger partial charge in [0, 0.05) is 5.39 Å². The van der Waals surface area contributed by atoms with E-state index in [4.69, 9.17) is 18.9 Å². The lowest BCUT2D eigenvalue weighted by Crippen LogP contribution is -3.00. The highest BCUT2D eigenvalue weighted by atomic mass is 35.5. The fourth-order valence-corrected chi connectivity index (χ4v) is 6.40. The smallest absolute Gasteiger partial charge is 0.245 e. The van der Waals surface area contributed by atoms with Crippen LogP contribution in [0.15, 0.2) is 72.8 Å². The average Bonchev–Trinajstić information content (AvgIpc) is 3.35. The molecule has 0 spiro atoms. The summed E-state index contributed by atoms with van der Waals surface area (Å²) in [6, 6.07) is 17.0. The maximum absolute atomic E-state index is 6.60. The average molecular weight is 645 g/mol. The van der Waals surface area contributed by atoms with Gasteiger partial charge in [0.1, 0.15) is 17.8 Å². The molecule has 0 aliphatic carbocycles. The normalized spacial score (nSPS) is 20.7. The Labute approximate surface area is 281 Å². The summed E-state index contributed by atoms with van der Waals surface area (Å²) >= 11 is 0. The summed E-state index contributed by atoms with van der Waals surface area (Å²) in [5, 5.41) is 2.30. The number of halogens is 1. The van der Waals surface area contributed by atoms with Crippen molar-refractivity contribution in [2.45, 2.75) is 83.6 Å². The number of rotatable bonds is 0. The van der Waals surface area contributed by atoms with Crippen molar-refractivity contribution in [2.75, 3.05) is 37.9 Å². The molecule has 0 radical (unpaired) electrons. The Hall–Kier alpha value is -3.64. The van der Waals surface area contributed by atoms with Gasteiger partial charge in [0.2, 0.25) is 12.0 Å². The van der Waals surface area contributed by atoms with Crippen molar-refractivity contribution in [1.29, 1.82) is 0 Å². The molecule has 46 heavy (non-hydrogen) atoms. The molecule has 7 heteroatoms. The maximum Gasteiger partial charge on any atom is 0.245 e. The van der Waals surface area contributed by atoms with Gasteiger partial charge in [-0.2, -0.15) is 0 Å². The van der Waals surface area contributed by atoms with E-state index in [0.29, 0.717) is 26.4 Å². The lowest BCUT2D eigenvalue weighted by molar-refractivity contribution is -0.434. The van der Waals surface area contributed by atoms with Crippen molar-refractivity contribution in [1.82, 2.24) is 0 Å². The van der Waals surface area contributed by atoms with Gasteiger partial charge in [-0.05, 0) is 114 Å². The Kier molecular flexibility index (Phi) is 11.9. The van der Waals surface area contributed by atoms with E-state index in [1.165, 1.54) is 5.39 Å². The Morgan fingerprint density at radius 3 is 1.87 bits per heavy atom. The van der Waals surface area contributed by atoms with Crippen LogP contribution in [0.25, 0.3) is 10.8 Å². The number of para-hydroxylation sites is 1. The number of ether oxygens (including phenoxy) is 4. The van der Waals surface area contributed by atoms with Crippen molar-refractivity contribution in [3.05, 3.63) is 72.8 Å². The molecule has 6 rings (SSSR count). The minimum absolute atomic E-state index is 0. The van der Waals surface area contributed by atoms with Crippen LogP contribution in [-0.2, 0) is 0 Å². The predicted octanol–water partition coefficient (Wildman–Crippen LogP) is 6.37. The van der Waals surface area contributed by atoms with E-state index in [2.05, 4.69) is 102 Å². The maximum atomic E-state index is 6.60. The second-order valence-corrected chi connectivity index (χ2v) is 12.9. The van der Waals surface area contributed by atoms with Gasteiger partial charge in [-0.25, -0.2) is 9.48 Å².